The summed E-state index contributed by atoms with van der Waals surface area (Å²) in [4.78, 5) is 8.16. The number of pyridine rings is 1. The lowest BCUT2D eigenvalue weighted by Gasteiger charge is -2.08. The van der Waals surface area contributed by atoms with Gasteiger partial charge in [0.15, 0.2) is 17.3 Å². The summed E-state index contributed by atoms with van der Waals surface area (Å²) in [5, 5.41) is 0. The molecule has 4 nitrogen and oxygen atoms in total. The topological polar surface area (TPSA) is 56.7 Å². The molecule has 2 heterocycles. The highest BCUT2D eigenvalue weighted by molar-refractivity contribution is 5.77. The Morgan fingerprint density at radius 2 is 1.70 bits per heavy atom. The molecule has 0 atom stereocenters. The fourth-order valence-electron chi connectivity index (χ4n) is 2.04. The molecule has 0 saturated heterocycles. The van der Waals surface area contributed by atoms with E-state index in [-0.39, 0.29) is 11.6 Å². The van der Waals surface area contributed by atoms with Gasteiger partial charge in [0.2, 0.25) is 5.95 Å². The normalized spacial score (nSPS) is 11.2. The van der Waals surface area contributed by atoms with E-state index in [2.05, 4.69) is 9.97 Å². The highest BCUT2D eigenvalue weighted by Crippen LogP contribution is 2.26. The first-order valence-corrected chi connectivity index (χ1v) is 5.74. The van der Waals surface area contributed by atoms with Crippen molar-refractivity contribution >= 4 is 17.1 Å². The van der Waals surface area contributed by atoms with Crippen LogP contribution in [-0.4, -0.2) is 14.5 Å². The molecule has 3 rings (SSSR count). The van der Waals surface area contributed by atoms with Gasteiger partial charge in [0.05, 0.1) is 0 Å². The summed E-state index contributed by atoms with van der Waals surface area (Å²) in [5.74, 6) is -3.27. The molecular weight excluding hydrogens is 269 g/mol. The number of nitrogens with zero attached hydrogens (tertiary/aromatic N) is 3. The maximum absolute atomic E-state index is 13.9. The van der Waals surface area contributed by atoms with Crippen LogP contribution in [0.5, 0.6) is 0 Å². The van der Waals surface area contributed by atoms with Crippen LogP contribution in [0.2, 0.25) is 0 Å². The van der Waals surface area contributed by atoms with Gasteiger partial charge in [-0.15, -0.1) is 0 Å². The summed E-state index contributed by atoms with van der Waals surface area (Å²) in [6.07, 6.45) is 0. The number of imidazole rings is 1. The third-order valence-electron chi connectivity index (χ3n) is 2.87. The minimum absolute atomic E-state index is 0.123. The Morgan fingerprint density at radius 3 is 2.35 bits per heavy atom. The molecule has 0 aliphatic carbocycles. The van der Waals surface area contributed by atoms with Crippen LogP contribution in [-0.2, 0) is 0 Å². The lowest BCUT2D eigenvalue weighted by atomic mass is 10.2. The Labute approximate surface area is 111 Å². The van der Waals surface area contributed by atoms with E-state index in [4.69, 9.17) is 5.73 Å². The van der Waals surface area contributed by atoms with Gasteiger partial charge in [-0.2, -0.15) is 0 Å². The number of anilines is 1. The van der Waals surface area contributed by atoms with E-state index in [0.717, 1.165) is 4.57 Å². The molecule has 0 aliphatic heterocycles. The van der Waals surface area contributed by atoms with Crippen molar-refractivity contribution in [1.82, 2.24) is 14.5 Å². The van der Waals surface area contributed by atoms with E-state index in [1.54, 1.807) is 19.1 Å². The summed E-state index contributed by atoms with van der Waals surface area (Å²) >= 11 is 0. The molecule has 2 aromatic heterocycles. The first-order chi connectivity index (χ1) is 9.47. The van der Waals surface area contributed by atoms with Crippen molar-refractivity contribution in [3.05, 3.63) is 47.4 Å². The maximum atomic E-state index is 13.9. The number of benzene rings is 1. The highest BCUT2D eigenvalue weighted by Gasteiger charge is 2.19. The molecular formula is C13H9F3N4. The quantitative estimate of drug-likeness (QED) is 0.744. The average Bonchev–Trinajstić information content (AvgIpc) is 2.65. The van der Waals surface area contributed by atoms with Crippen molar-refractivity contribution in [2.45, 2.75) is 6.92 Å². The van der Waals surface area contributed by atoms with E-state index >= 15 is 0 Å². The zero-order chi connectivity index (χ0) is 14.4. The first-order valence-electron chi connectivity index (χ1n) is 5.74. The number of aryl methyl sites for hydroxylation is 1. The molecule has 0 unspecified atom stereocenters. The van der Waals surface area contributed by atoms with E-state index in [1.165, 1.54) is 0 Å². The third-order valence-corrected chi connectivity index (χ3v) is 2.87. The second-order valence-corrected chi connectivity index (χ2v) is 4.32. The zero-order valence-corrected chi connectivity index (χ0v) is 10.4. The molecule has 0 spiro atoms. The van der Waals surface area contributed by atoms with Crippen LogP contribution in [0.4, 0.5) is 19.1 Å². The number of halogens is 3. The number of fused-ring (bicyclic) bond motifs is 1. The van der Waals surface area contributed by atoms with Gasteiger partial charge < -0.3 is 5.73 Å². The van der Waals surface area contributed by atoms with Crippen molar-refractivity contribution in [2.24, 2.45) is 0 Å². The molecule has 102 valence electrons. The predicted octanol–water partition coefficient (Wildman–Crippen LogP) is 2.73. The van der Waals surface area contributed by atoms with Gasteiger partial charge in [-0.3, -0.25) is 4.57 Å². The van der Waals surface area contributed by atoms with Crippen LogP contribution in [0.1, 0.15) is 5.69 Å². The van der Waals surface area contributed by atoms with Crippen LogP contribution in [0, 0.1) is 24.4 Å². The Kier molecular flexibility index (Phi) is 2.63. The van der Waals surface area contributed by atoms with Crippen molar-refractivity contribution < 1.29 is 13.2 Å². The second kappa shape index (κ2) is 4.22. The summed E-state index contributed by atoms with van der Waals surface area (Å²) < 4.78 is 41.8. The predicted molar refractivity (Wildman–Crippen MR) is 67.9 cm³/mol. The number of nitrogen functional groups attached to an aromatic ring is 1. The second-order valence-electron chi connectivity index (χ2n) is 4.32. The van der Waals surface area contributed by atoms with Crippen LogP contribution in [0.15, 0.2) is 24.3 Å². The Morgan fingerprint density at radius 1 is 1.05 bits per heavy atom. The van der Waals surface area contributed by atoms with E-state index in [9.17, 15) is 13.2 Å². The van der Waals surface area contributed by atoms with Crippen LogP contribution in [0.25, 0.3) is 16.9 Å². The molecule has 0 amide bonds. The molecule has 0 aliphatic rings. The summed E-state index contributed by atoms with van der Waals surface area (Å²) in [6, 6.07) is 4.51. The molecule has 20 heavy (non-hydrogen) atoms. The molecule has 2 N–H and O–H groups in total. The van der Waals surface area contributed by atoms with Crippen LogP contribution < -0.4 is 5.73 Å². The molecule has 7 heteroatoms. The standard InChI is InChI=1S/C13H9F3N4/c1-6-2-3-10-12(18-6)20(13(17)19-10)11-8(15)4-7(14)5-9(11)16/h2-5H,1H3,(H2,17,19). The van der Waals surface area contributed by atoms with Crippen molar-refractivity contribution in [2.75, 3.05) is 5.73 Å². The van der Waals surface area contributed by atoms with Crippen molar-refractivity contribution in [1.29, 1.82) is 0 Å². The monoisotopic (exact) mass is 278 g/mol. The van der Waals surface area contributed by atoms with Crippen LogP contribution >= 0.6 is 0 Å². The van der Waals surface area contributed by atoms with Gasteiger partial charge >= 0.3 is 0 Å². The average molecular weight is 278 g/mol. The van der Waals surface area contributed by atoms with Crippen molar-refractivity contribution in [3.63, 3.8) is 0 Å². The van der Waals surface area contributed by atoms with Gasteiger partial charge in [-0.25, -0.2) is 23.1 Å². The van der Waals surface area contributed by atoms with Gasteiger partial charge in [0, 0.05) is 17.8 Å². The lowest BCUT2D eigenvalue weighted by Crippen LogP contribution is -2.07. The zero-order valence-electron chi connectivity index (χ0n) is 10.4. The minimum Gasteiger partial charge on any atom is -0.369 e. The number of rotatable bonds is 1. The van der Waals surface area contributed by atoms with Gasteiger partial charge in [-0.05, 0) is 19.1 Å². The van der Waals surface area contributed by atoms with E-state index < -0.39 is 23.1 Å². The number of hydrogen-bond acceptors (Lipinski definition) is 3. The van der Waals surface area contributed by atoms with Gasteiger partial charge in [0.1, 0.15) is 17.0 Å². The van der Waals surface area contributed by atoms with Crippen molar-refractivity contribution in [3.8, 4) is 5.69 Å². The Balaban J connectivity index is 2.40. The van der Waals surface area contributed by atoms with E-state index in [0.29, 0.717) is 23.3 Å². The number of nitrogens with two attached hydrogens (primary N) is 1. The molecule has 0 saturated carbocycles. The molecule has 3 aromatic rings. The number of hydrogen-bond donors (Lipinski definition) is 1. The maximum Gasteiger partial charge on any atom is 0.207 e. The smallest absolute Gasteiger partial charge is 0.207 e. The molecule has 0 fully saturated rings. The molecule has 1 aromatic carbocycles. The Bertz CT molecular complexity index is 803. The molecule has 0 radical (unpaired) electrons. The highest BCUT2D eigenvalue weighted by atomic mass is 19.1. The summed E-state index contributed by atoms with van der Waals surface area (Å²) in [6.45, 7) is 1.73. The lowest BCUT2D eigenvalue weighted by molar-refractivity contribution is 0.535. The fraction of sp³-hybridized carbons (Fsp3) is 0.0769. The minimum atomic E-state index is -1.07. The largest absolute Gasteiger partial charge is 0.369 e. The summed E-state index contributed by atoms with van der Waals surface area (Å²) in [7, 11) is 0. The van der Waals surface area contributed by atoms with Crippen LogP contribution in [0.3, 0.4) is 0 Å². The molecule has 0 bridgehead atoms. The fourth-order valence-corrected chi connectivity index (χ4v) is 2.04. The number of aromatic nitrogens is 3. The van der Waals surface area contributed by atoms with Gasteiger partial charge in [-0.1, -0.05) is 0 Å². The summed E-state index contributed by atoms with van der Waals surface area (Å²) in [5.41, 5.74) is 6.45. The van der Waals surface area contributed by atoms with Gasteiger partial charge in [0.25, 0.3) is 0 Å². The SMILES string of the molecule is Cc1ccc2nc(N)n(-c3c(F)cc(F)cc3F)c2n1. The third kappa shape index (κ3) is 1.78. The first kappa shape index (κ1) is 12.5. The Hall–Kier alpha value is -2.57. The van der Waals surface area contributed by atoms with E-state index in [1.807, 2.05) is 0 Å².